The van der Waals surface area contributed by atoms with Gasteiger partial charge in [0.05, 0.1) is 0 Å². The van der Waals surface area contributed by atoms with Crippen LogP contribution in [0.3, 0.4) is 0 Å². The predicted molar refractivity (Wildman–Crippen MR) is 58.2 cm³/mol. The summed E-state index contributed by atoms with van der Waals surface area (Å²) in [5.41, 5.74) is 1.21. The maximum absolute atomic E-state index is 9.04. The fraction of sp³-hybridized carbons (Fsp3) is 0.400. The lowest BCUT2D eigenvalue weighted by Gasteiger charge is -2.03. The Balaban J connectivity index is 2.25. The van der Waals surface area contributed by atoms with Gasteiger partial charge in [0.15, 0.2) is 0 Å². The first-order valence-electron chi connectivity index (χ1n) is 4.30. The van der Waals surface area contributed by atoms with Gasteiger partial charge in [-0.05, 0) is 24.0 Å². The summed E-state index contributed by atoms with van der Waals surface area (Å²) >= 11 is 1.84. The molecule has 0 bridgehead atoms. The lowest BCUT2D eigenvalue weighted by molar-refractivity contribution is 0.475. The number of hydrogen-bond donors (Lipinski definition) is 2. The van der Waals surface area contributed by atoms with E-state index in [2.05, 4.69) is 11.6 Å². The van der Waals surface area contributed by atoms with Crippen molar-refractivity contribution in [3.05, 3.63) is 29.8 Å². The van der Waals surface area contributed by atoms with Crippen molar-refractivity contribution in [1.82, 2.24) is 5.32 Å². The Bertz CT molecular complexity index is 235. The molecule has 2 nitrogen and oxygen atoms in total. The topological polar surface area (TPSA) is 32.3 Å². The first kappa shape index (κ1) is 10.4. The van der Waals surface area contributed by atoms with Crippen molar-refractivity contribution < 1.29 is 5.11 Å². The lowest BCUT2D eigenvalue weighted by atomic mass is 10.2. The van der Waals surface area contributed by atoms with Crippen LogP contribution in [-0.2, 0) is 6.54 Å². The normalized spacial score (nSPS) is 10.2. The van der Waals surface area contributed by atoms with E-state index in [0.29, 0.717) is 5.75 Å². The van der Waals surface area contributed by atoms with Crippen LogP contribution in [0.25, 0.3) is 0 Å². The Morgan fingerprint density at radius 3 is 2.62 bits per heavy atom. The molecule has 0 unspecified atom stereocenters. The zero-order valence-corrected chi connectivity index (χ0v) is 8.60. The molecular formula is C10H15NOS. The highest BCUT2D eigenvalue weighted by molar-refractivity contribution is 7.98. The van der Waals surface area contributed by atoms with Gasteiger partial charge in [-0.25, -0.2) is 0 Å². The summed E-state index contributed by atoms with van der Waals surface area (Å²) < 4.78 is 0. The van der Waals surface area contributed by atoms with Crippen molar-refractivity contribution in [3.63, 3.8) is 0 Å². The molecule has 1 rings (SSSR count). The molecule has 0 fully saturated rings. The minimum absolute atomic E-state index is 0.327. The van der Waals surface area contributed by atoms with Crippen LogP contribution in [0.2, 0.25) is 0 Å². The van der Waals surface area contributed by atoms with Gasteiger partial charge in [-0.3, -0.25) is 0 Å². The third-order valence-corrected chi connectivity index (χ3v) is 2.36. The van der Waals surface area contributed by atoms with Gasteiger partial charge in [0.2, 0.25) is 0 Å². The average molecular weight is 197 g/mol. The van der Waals surface area contributed by atoms with Crippen molar-refractivity contribution >= 4 is 11.8 Å². The predicted octanol–water partition coefficient (Wildman–Crippen LogP) is 1.84. The van der Waals surface area contributed by atoms with Gasteiger partial charge in [0, 0.05) is 18.8 Å². The first-order valence-corrected chi connectivity index (χ1v) is 5.70. The zero-order chi connectivity index (χ0) is 9.52. The monoisotopic (exact) mass is 197 g/mol. The standard InChI is InChI=1S/C10H15NOS/c1-13-7-6-11-8-9-2-4-10(12)5-3-9/h2-5,11-12H,6-8H2,1H3. The quantitative estimate of drug-likeness (QED) is 0.706. The summed E-state index contributed by atoms with van der Waals surface area (Å²) in [6, 6.07) is 7.29. The molecule has 0 amide bonds. The van der Waals surface area contributed by atoms with Gasteiger partial charge < -0.3 is 10.4 Å². The van der Waals surface area contributed by atoms with Gasteiger partial charge in [-0.1, -0.05) is 12.1 Å². The second-order valence-electron chi connectivity index (χ2n) is 2.84. The summed E-state index contributed by atoms with van der Waals surface area (Å²) in [6.45, 7) is 1.91. The lowest BCUT2D eigenvalue weighted by Crippen LogP contribution is -2.16. The molecule has 2 N–H and O–H groups in total. The summed E-state index contributed by atoms with van der Waals surface area (Å²) in [4.78, 5) is 0. The fourth-order valence-electron chi connectivity index (χ4n) is 1.02. The molecule has 0 aliphatic heterocycles. The molecule has 0 aliphatic rings. The number of phenols is 1. The van der Waals surface area contributed by atoms with Gasteiger partial charge >= 0.3 is 0 Å². The van der Waals surface area contributed by atoms with Crippen molar-refractivity contribution in [2.24, 2.45) is 0 Å². The van der Waals surface area contributed by atoms with Gasteiger partial charge in [-0.15, -0.1) is 0 Å². The number of hydrogen-bond acceptors (Lipinski definition) is 3. The minimum atomic E-state index is 0.327. The van der Waals surface area contributed by atoms with Crippen LogP contribution in [0.15, 0.2) is 24.3 Å². The van der Waals surface area contributed by atoms with Crippen LogP contribution in [0.5, 0.6) is 5.75 Å². The molecule has 0 aliphatic carbocycles. The van der Waals surface area contributed by atoms with E-state index >= 15 is 0 Å². The van der Waals surface area contributed by atoms with Crippen molar-refractivity contribution in [2.75, 3.05) is 18.6 Å². The molecule has 3 heteroatoms. The van der Waals surface area contributed by atoms with Crippen molar-refractivity contribution in [3.8, 4) is 5.75 Å². The van der Waals surface area contributed by atoms with E-state index in [9.17, 15) is 0 Å². The Hall–Kier alpha value is -0.670. The number of rotatable bonds is 5. The van der Waals surface area contributed by atoms with Crippen molar-refractivity contribution in [2.45, 2.75) is 6.54 Å². The third-order valence-electron chi connectivity index (χ3n) is 1.75. The second kappa shape index (κ2) is 5.89. The molecule has 0 aromatic heterocycles. The molecular weight excluding hydrogens is 182 g/mol. The van der Waals surface area contributed by atoms with Gasteiger partial charge in [-0.2, -0.15) is 11.8 Å². The smallest absolute Gasteiger partial charge is 0.115 e. The highest BCUT2D eigenvalue weighted by atomic mass is 32.2. The van der Waals surface area contributed by atoms with Crippen LogP contribution >= 0.6 is 11.8 Å². The Labute approximate surface area is 83.4 Å². The summed E-state index contributed by atoms with van der Waals surface area (Å²) in [7, 11) is 0. The number of benzene rings is 1. The third kappa shape index (κ3) is 4.20. The molecule has 0 radical (unpaired) electrons. The Kier molecular flexibility index (Phi) is 4.72. The molecule has 0 atom stereocenters. The van der Waals surface area contributed by atoms with Gasteiger partial charge in [0.25, 0.3) is 0 Å². The molecule has 0 saturated heterocycles. The van der Waals surface area contributed by atoms with Crippen molar-refractivity contribution in [1.29, 1.82) is 0 Å². The van der Waals surface area contributed by atoms with E-state index in [4.69, 9.17) is 5.11 Å². The SMILES string of the molecule is CSCCNCc1ccc(O)cc1. The Morgan fingerprint density at radius 1 is 1.31 bits per heavy atom. The highest BCUT2D eigenvalue weighted by Crippen LogP contribution is 2.08. The molecule has 1 aromatic rings. The highest BCUT2D eigenvalue weighted by Gasteiger charge is 1.92. The van der Waals surface area contributed by atoms with Crippen LogP contribution in [0.1, 0.15) is 5.56 Å². The van der Waals surface area contributed by atoms with E-state index < -0.39 is 0 Å². The number of thioether (sulfide) groups is 1. The first-order chi connectivity index (χ1) is 6.33. The minimum Gasteiger partial charge on any atom is -0.508 e. The number of phenolic OH excluding ortho intramolecular Hbond substituents is 1. The summed E-state index contributed by atoms with van der Waals surface area (Å²) in [6.07, 6.45) is 2.10. The molecule has 13 heavy (non-hydrogen) atoms. The maximum atomic E-state index is 9.04. The average Bonchev–Trinajstić information content (AvgIpc) is 2.15. The van der Waals surface area contributed by atoms with Crippen LogP contribution < -0.4 is 5.32 Å². The molecule has 1 aromatic carbocycles. The fourth-order valence-corrected chi connectivity index (χ4v) is 1.37. The van der Waals surface area contributed by atoms with Crippen LogP contribution in [-0.4, -0.2) is 23.7 Å². The van der Waals surface area contributed by atoms with E-state index in [1.54, 1.807) is 12.1 Å². The second-order valence-corrected chi connectivity index (χ2v) is 3.82. The van der Waals surface area contributed by atoms with Crippen LogP contribution in [0, 0.1) is 0 Å². The zero-order valence-electron chi connectivity index (χ0n) is 7.79. The summed E-state index contributed by atoms with van der Waals surface area (Å²) in [5.74, 6) is 1.46. The van der Waals surface area contributed by atoms with Crippen LogP contribution in [0.4, 0.5) is 0 Å². The molecule has 72 valence electrons. The van der Waals surface area contributed by atoms with E-state index in [1.807, 2.05) is 23.9 Å². The number of aromatic hydroxyl groups is 1. The van der Waals surface area contributed by atoms with E-state index in [1.165, 1.54) is 5.56 Å². The largest absolute Gasteiger partial charge is 0.508 e. The van der Waals surface area contributed by atoms with Gasteiger partial charge in [0.1, 0.15) is 5.75 Å². The Morgan fingerprint density at radius 2 is 2.00 bits per heavy atom. The van der Waals surface area contributed by atoms with E-state index in [-0.39, 0.29) is 0 Å². The molecule has 0 saturated carbocycles. The number of nitrogens with one attached hydrogen (secondary N) is 1. The molecule has 0 spiro atoms. The summed E-state index contributed by atoms with van der Waals surface area (Å²) in [5, 5.41) is 12.4. The van der Waals surface area contributed by atoms with E-state index in [0.717, 1.165) is 18.8 Å². The maximum Gasteiger partial charge on any atom is 0.115 e. The molecule has 0 heterocycles.